The quantitative estimate of drug-likeness (QED) is 0.901. The van der Waals surface area contributed by atoms with Gasteiger partial charge in [-0.1, -0.05) is 26.7 Å². The maximum absolute atomic E-state index is 9.06. The fourth-order valence-corrected chi connectivity index (χ4v) is 2.75. The maximum Gasteiger partial charge on any atom is 0.165 e. The molecule has 0 atom stereocenters. The normalized spacial score (nSPS) is 15.7. The van der Waals surface area contributed by atoms with Crippen LogP contribution >= 0.6 is 0 Å². The van der Waals surface area contributed by atoms with Gasteiger partial charge in [0.2, 0.25) is 0 Å². The second kappa shape index (κ2) is 5.92. The molecule has 0 saturated heterocycles. The topological polar surface area (TPSA) is 65.9 Å². The van der Waals surface area contributed by atoms with Crippen molar-refractivity contribution in [2.45, 2.75) is 45.6 Å². The van der Waals surface area contributed by atoms with E-state index in [1.54, 1.807) is 6.07 Å². The molecule has 0 aliphatic heterocycles. The van der Waals surface area contributed by atoms with Gasteiger partial charge in [-0.2, -0.15) is 5.26 Å². The van der Waals surface area contributed by atoms with Crippen molar-refractivity contribution >= 4 is 11.5 Å². The summed E-state index contributed by atoms with van der Waals surface area (Å²) in [5.41, 5.74) is 6.55. The predicted octanol–water partition coefficient (Wildman–Crippen LogP) is 2.94. The third-order valence-electron chi connectivity index (χ3n) is 3.64. The van der Waals surface area contributed by atoms with E-state index in [0.717, 1.165) is 12.4 Å². The second-order valence-corrected chi connectivity index (χ2v) is 5.70. The van der Waals surface area contributed by atoms with Crippen molar-refractivity contribution < 1.29 is 0 Å². The lowest BCUT2D eigenvalue weighted by Gasteiger charge is -2.31. The molecule has 2 rings (SSSR count). The van der Waals surface area contributed by atoms with Crippen molar-refractivity contribution in [3.8, 4) is 6.07 Å². The summed E-state index contributed by atoms with van der Waals surface area (Å²) < 4.78 is 0. The van der Waals surface area contributed by atoms with Crippen molar-refractivity contribution in [3.05, 3.63) is 17.8 Å². The van der Waals surface area contributed by atoms with Crippen LogP contribution in [0, 0.1) is 17.2 Å². The lowest BCUT2D eigenvalue weighted by Crippen LogP contribution is -2.37. The molecule has 0 aromatic carbocycles. The van der Waals surface area contributed by atoms with Crippen LogP contribution in [0.3, 0.4) is 0 Å². The Morgan fingerprint density at radius 1 is 1.42 bits per heavy atom. The first kappa shape index (κ1) is 13.7. The van der Waals surface area contributed by atoms with Gasteiger partial charge in [-0.25, -0.2) is 4.98 Å². The number of nitrogens with zero attached hydrogens (tertiary/aromatic N) is 3. The Morgan fingerprint density at radius 3 is 2.68 bits per heavy atom. The molecule has 1 fully saturated rings. The minimum Gasteiger partial charge on any atom is -0.396 e. The fourth-order valence-electron chi connectivity index (χ4n) is 2.75. The van der Waals surface area contributed by atoms with Gasteiger partial charge in [0.15, 0.2) is 5.69 Å². The summed E-state index contributed by atoms with van der Waals surface area (Å²) in [6, 6.07) is 6.37. The lowest BCUT2D eigenvalue weighted by atomic mass is 10.1. The number of aromatic nitrogens is 1. The van der Waals surface area contributed by atoms with E-state index in [1.165, 1.54) is 25.7 Å². The second-order valence-electron chi connectivity index (χ2n) is 5.70. The van der Waals surface area contributed by atoms with Gasteiger partial charge in [0, 0.05) is 12.6 Å². The predicted molar refractivity (Wildman–Crippen MR) is 77.8 cm³/mol. The third-order valence-corrected chi connectivity index (χ3v) is 3.64. The standard InChI is InChI=1S/C15H22N4/c1-11(2)10-19(12-5-3-4-6-12)15-8-7-13(17)14(9-16)18-15/h7-8,11-12H,3-6,10,17H2,1-2H3. The summed E-state index contributed by atoms with van der Waals surface area (Å²) in [4.78, 5) is 6.79. The van der Waals surface area contributed by atoms with E-state index in [2.05, 4.69) is 29.8 Å². The summed E-state index contributed by atoms with van der Waals surface area (Å²) in [6.07, 6.45) is 5.03. The number of rotatable bonds is 4. The Labute approximate surface area is 115 Å². The number of nitrogen functional groups attached to an aromatic ring is 1. The Hall–Kier alpha value is -1.76. The summed E-state index contributed by atoms with van der Waals surface area (Å²) in [5.74, 6) is 1.47. The number of hydrogen-bond donors (Lipinski definition) is 1. The number of hydrogen-bond acceptors (Lipinski definition) is 4. The number of anilines is 2. The highest BCUT2D eigenvalue weighted by Crippen LogP contribution is 2.28. The molecular weight excluding hydrogens is 236 g/mol. The molecule has 0 radical (unpaired) electrons. The van der Waals surface area contributed by atoms with Gasteiger partial charge >= 0.3 is 0 Å². The van der Waals surface area contributed by atoms with E-state index in [9.17, 15) is 0 Å². The van der Waals surface area contributed by atoms with E-state index < -0.39 is 0 Å². The van der Waals surface area contributed by atoms with Crippen molar-refractivity contribution in [1.82, 2.24) is 4.98 Å². The van der Waals surface area contributed by atoms with Crippen LogP contribution < -0.4 is 10.6 Å². The maximum atomic E-state index is 9.06. The van der Waals surface area contributed by atoms with E-state index in [0.29, 0.717) is 23.3 Å². The van der Waals surface area contributed by atoms with Crippen molar-refractivity contribution in [2.24, 2.45) is 5.92 Å². The highest BCUT2D eigenvalue weighted by Gasteiger charge is 2.24. The van der Waals surface area contributed by atoms with Crippen LogP contribution in [0.2, 0.25) is 0 Å². The van der Waals surface area contributed by atoms with Crippen LogP contribution in [-0.4, -0.2) is 17.6 Å². The molecule has 0 unspecified atom stereocenters. The zero-order valence-electron chi connectivity index (χ0n) is 11.8. The number of nitrogens with two attached hydrogens (primary N) is 1. The van der Waals surface area contributed by atoms with Crippen molar-refractivity contribution in [2.75, 3.05) is 17.2 Å². The van der Waals surface area contributed by atoms with Crippen LogP contribution in [-0.2, 0) is 0 Å². The summed E-state index contributed by atoms with van der Waals surface area (Å²) >= 11 is 0. The molecule has 1 aromatic rings. The smallest absolute Gasteiger partial charge is 0.165 e. The molecule has 4 heteroatoms. The van der Waals surface area contributed by atoms with E-state index >= 15 is 0 Å². The zero-order valence-corrected chi connectivity index (χ0v) is 11.8. The number of pyridine rings is 1. The van der Waals surface area contributed by atoms with Crippen LogP contribution in [0.15, 0.2) is 12.1 Å². The first-order valence-electron chi connectivity index (χ1n) is 7.05. The van der Waals surface area contributed by atoms with Gasteiger partial charge < -0.3 is 10.6 Å². The molecule has 0 spiro atoms. The van der Waals surface area contributed by atoms with Crippen LogP contribution in [0.25, 0.3) is 0 Å². The SMILES string of the molecule is CC(C)CN(c1ccc(N)c(C#N)n1)C1CCCC1. The Bertz CT molecular complexity index is 470. The Balaban J connectivity index is 2.29. The molecule has 0 bridgehead atoms. The third kappa shape index (κ3) is 3.17. The molecule has 102 valence electrons. The van der Waals surface area contributed by atoms with Gasteiger partial charge in [0.25, 0.3) is 0 Å². The van der Waals surface area contributed by atoms with Gasteiger partial charge in [-0.05, 0) is 30.9 Å². The molecule has 1 aliphatic rings. The summed E-state index contributed by atoms with van der Waals surface area (Å²) in [6.45, 7) is 5.40. The van der Waals surface area contributed by atoms with Gasteiger partial charge in [-0.15, -0.1) is 0 Å². The van der Waals surface area contributed by atoms with Crippen LogP contribution in [0.1, 0.15) is 45.2 Å². The van der Waals surface area contributed by atoms with E-state index in [1.807, 2.05) is 6.07 Å². The van der Waals surface area contributed by atoms with Gasteiger partial charge in [0.1, 0.15) is 11.9 Å². The first-order chi connectivity index (χ1) is 9.11. The Kier molecular flexibility index (Phi) is 4.26. The van der Waals surface area contributed by atoms with Gasteiger partial charge in [-0.3, -0.25) is 0 Å². The van der Waals surface area contributed by atoms with Crippen LogP contribution in [0.5, 0.6) is 0 Å². The largest absolute Gasteiger partial charge is 0.396 e. The Morgan fingerprint density at radius 2 is 2.11 bits per heavy atom. The summed E-state index contributed by atoms with van der Waals surface area (Å²) in [5, 5.41) is 9.06. The highest BCUT2D eigenvalue weighted by molar-refractivity contribution is 5.55. The molecule has 0 amide bonds. The average Bonchev–Trinajstić information content (AvgIpc) is 2.90. The molecule has 4 nitrogen and oxygen atoms in total. The van der Waals surface area contributed by atoms with E-state index in [4.69, 9.17) is 11.0 Å². The molecular formula is C15H22N4. The molecule has 1 aromatic heterocycles. The number of nitriles is 1. The van der Waals surface area contributed by atoms with Gasteiger partial charge in [0.05, 0.1) is 5.69 Å². The molecule has 19 heavy (non-hydrogen) atoms. The molecule has 1 saturated carbocycles. The minimum absolute atomic E-state index is 0.337. The molecule has 1 aliphatic carbocycles. The average molecular weight is 258 g/mol. The van der Waals surface area contributed by atoms with E-state index in [-0.39, 0.29) is 0 Å². The zero-order chi connectivity index (χ0) is 13.8. The van der Waals surface area contributed by atoms with Crippen LogP contribution in [0.4, 0.5) is 11.5 Å². The highest BCUT2D eigenvalue weighted by atomic mass is 15.2. The first-order valence-corrected chi connectivity index (χ1v) is 7.05. The molecule has 1 heterocycles. The minimum atomic E-state index is 0.337. The summed E-state index contributed by atoms with van der Waals surface area (Å²) in [7, 11) is 0. The van der Waals surface area contributed by atoms with Crippen molar-refractivity contribution in [1.29, 1.82) is 5.26 Å². The molecule has 2 N–H and O–H groups in total. The monoisotopic (exact) mass is 258 g/mol. The fraction of sp³-hybridized carbons (Fsp3) is 0.600. The lowest BCUT2D eigenvalue weighted by molar-refractivity contribution is 0.531. The van der Waals surface area contributed by atoms with Crippen molar-refractivity contribution in [3.63, 3.8) is 0 Å².